The van der Waals surface area contributed by atoms with E-state index in [9.17, 15) is 4.79 Å². The summed E-state index contributed by atoms with van der Waals surface area (Å²) in [7, 11) is 3.25. The van der Waals surface area contributed by atoms with E-state index >= 15 is 0 Å². The number of nitrogens with one attached hydrogen (secondary N) is 2. The molecule has 0 radical (unpaired) electrons. The van der Waals surface area contributed by atoms with E-state index in [1.807, 2.05) is 0 Å². The highest BCUT2D eigenvalue weighted by Crippen LogP contribution is 1.95. The molecule has 0 aromatic heterocycles. The van der Waals surface area contributed by atoms with Crippen LogP contribution in [0.3, 0.4) is 0 Å². The summed E-state index contributed by atoms with van der Waals surface area (Å²) < 4.78 is 4.25. The fourth-order valence-electron chi connectivity index (χ4n) is 0.788. The van der Waals surface area contributed by atoms with Crippen molar-refractivity contribution in [3.05, 3.63) is 0 Å². The topological polar surface area (TPSA) is 50.4 Å². The number of hydrazine groups is 1. The second kappa shape index (κ2) is 7.65. The van der Waals surface area contributed by atoms with Crippen molar-refractivity contribution in [1.29, 1.82) is 0 Å². The van der Waals surface area contributed by atoms with Gasteiger partial charge in [-0.1, -0.05) is 0 Å². The first-order valence-corrected chi connectivity index (χ1v) is 3.69. The van der Waals surface area contributed by atoms with Crippen LogP contribution in [0.4, 0.5) is 0 Å². The summed E-state index contributed by atoms with van der Waals surface area (Å²) in [6, 6.07) is 0.0451. The van der Waals surface area contributed by atoms with Crippen molar-refractivity contribution in [3.63, 3.8) is 0 Å². The molecular weight excluding hydrogens is 144 g/mol. The average Bonchev–Trinajstić information content (AvgIpc) is 2.08. The lowest BCUT2D eigenvalue weighted by Gasteiger charge is -2.18. The van der Waals surface area contributed by atoms with Gasteiger partial charge < -0.3 is 9.53 Å². The smallest absolute Gasteiger partial charge is 0.138 e. The predicted molar refractivity (Wildman–Crippen MR) is 43.2 cm³/mol. The number of hydrogen-bond donors (Lipinski definition) is 2. The van der Waals surface area contributed by atoms with E-state index in [4.69, 9.17) is 0 Å². The third-order valence-electron chi connectivity index (χ3n) is 1.27. The molecule has 1 aliphatic rings. The van der Waals surface area contributed by atoms with Gasteiger partial charge in [-0.25, -0.2) is 5.43 Å². The molecule has 2 N–H and O–H groups in total. The van der Waals surface area contributed by atoms with Gasteiger partial charge in [0.15, 0.2) is 0 Å². The molecular formula is C7H16N2O2. The van der Waals surface area contributed by atoms with Crippen molar-refractivity contribution in [2.75, 3.05) is 20.8 Å². The van der Waals surface area contributed by atoms with E-state index in [1.165, 1.54) is 0 Å². The van der Waals surface area contributed by atoms with E-state index in [0.29, 0.717) is 0 Å². The molecule has 0 aromatic rings. The Hall–Kier alpha value is -0.450. The lowest BCUT2D eigenvalue weighted by Crippen LogP contribution is -2.46. The molecule has 0 amide bonds. The molecule has 1 heterocycles. The minimum atomic E-state index is 0.0451. The molecule has 0 saturated carbocycles. The zero-order valence-corrected chi connectivity index (χ0v) is 7.09. The van der Waals surface area contributed by atoms with Gasteiger partial charge in [0.2, 0.25) is 0 Å². The third-order valence-corrected chi connectivity index (χ3v) is 1.27. The molecule has 1 saturated heterocycles. The monoisotopic (exact) mass is 160 g/mol. The molecule has 1 fully saturated rings. The summed E-state index contributed by atoms with van der Waals surface area (Å²) in [5.74, 6) is 0. The molecule has 1 atom stereocenters. The maximum Gasteiger partial charge on any atom is 0.138 e. The van der Waals surface area contributed by atoms with Crippen LogP contribution in [-0.4, -0.2) is 33.1 Å². The van der Waals surface area contributed by atoms with Crippen LogP contribution in [-0.2, 0) is 9.53 Å². The lowest BCUT2D eigenvalue weighted by atomic mass is 10.1. The molecule has 0 bridgehead atoms. The van der Waals surface area contributed by atoms with Crippen molar-refractivity contribution in [3.8, 4) is 0 Å². The van der Waals surface area contributed by atoms with E-state index in [-0.39, 0.29) is 6.04 Å². The van der Waals surface area contributed by atoms with Gasteiger partial charge in [-0.15, -0.1) is 0 Å². The standard InChI is InChI=1S/C5H10N2O.C2H6O/c8-4-5-2-1-3-6-7-5;1-3-2/h4-7H,1-3H2;1-2H3. The second-order valence-corrected chi connectivity index (χ2v) is 2.36. The van der Waals surface area contributed by atoms with Gasteiger partial charge in [0.05, 0.1) is 6.04 Å². The van der Waals surface area contributed by atoms with Crippen LogP contribution in [0.1, 0.15) is 12.8 Å². The summed E-state index contributed by atoms with van der Waals surface area (Å²) in [4.78, 5) is 10.1. The minimum absolute atomic E-state index is 0.0451. The Bertz CT molecular complexity index is 92.4. The summed E-state index contributed by atoms with van der Waals surface area (Å²) in [6.07, 6.45) is 3.00. The van der Waals surface area contributed by atoms with Crippen LogP contribution >= 0.6 is 0 Å². The van der Waals surface area contributed by atoms with Crippen molar-refractivity contribution in [2.24, 2.45) is 0 Å². The first-order chi connectivity index (χ1) is 5.35. The largest absolute Gasteiger partial charge is 0.388 e. The van der Waals surface area contributed by atoms with Gasteiger partial charge in [-0.2, -0.15) is 0 Å². The van der Waals surface area contributed by atoms with Crippen molar-refractivity contribution < 1.29 is 9.53 Å². The highest BCUT2D eigenvalue weighted by atomic mass is 16.4. The fraction of sp³-hybridized carbons (Fsp3) is 0.857. The number of carbonyl (C=O) groups excluding carboxylic acids is 1. The molecule has 1 unspecified atom stereocenters. The Kier molecular flexibility index (Phi) is 7.34. The van der Waals surface area contributed by atoms with Crippen molar-refractivity contribution >= 4 is 6.29 Å². The van der Waals surface area contributed by atoms with E-state index in [0.717, 1.165) is 25.7 Å². The summed E-state index contributed by atoms with van der Waals surface area (Å²) in [6.45, 7) is 0.977. The number of aldehydes is 1. The number of carbonyl (C=O) groups is 1. The maximum absolute atomic E-state index is 10.1. The molecule has 0 aromatic carbocycles. The molecule has 4 nitrogen and oxygen atoms in total. The fourth-order valence-corrected chi connectivity index (χ4v) is 0.788. The van der Waals surface area contributed by atoms with Gasteiger partial charge in [0.1, 0.15) is 6.29 Å². The summed E-state index contributed by atoms with van der Waals surface area (Å²) >= 11 is 0. The quantitative estimate of drug-likeness (QED) is 0.517. The van der Waals surface area contributed by atoms with E-state index in [1.54, 1.807) is 14.2 Å². The number of rotatable bonds is 1. The number of ether oxygens (including phenoxy) is 1. The average molecular weight is 160 g/mol. The van der Waals surface area contributed by atoms with Gasteiger partial charge in [0.25, 0.3) is 0 Å². The summed E-state index contributed by atoms with van der Waals surface area (Å²) in [5, 5.41) is 0. The Labute approximate surface area is 67.3 Å². The second-order valence-electron chi connectivity index (χ2n) is 2.36. The SMILES string of the molecule is COC.O=CC1CCCNN1. The Morgan fingerprint density at radius 1 is 1.55 bits per heavy atom. The first kappa shape index (κ1) is 10.6. The van der Waals surface area contributed by atoms with Gasteiger partial charge >= 0.3 is 0 Å². The van der Waals surface area contributed by atoms with Gasteiger partial charge in [0, 0.05) is 20.8 Å². The van der Waals surface area contributed by atoms with Crippen LogP contribution < -0.4 is 10.9 Å². The van der Waals surface area contributed by atoms with Crippen LogP contribution in [0, 0.1) is 0 Å². The number of hydrogen-bond acceptors (Lipinski definition) is 4. The first-order valence-electron chi connectivity index (χ1n) is 3.69. The van der Waals surface area contributed by atoms with Crippen LogP contribution in [0.2, 0.25) is 0 Å². The Morgan fingerprint density at radius 3 is 2.45 bits per heavy atom. The zero-order valence-electron chi connectivity index (χ0n) is 7.09. The van der Waals surface area contributed by atoms with Crippen molar-refractivity contribution in [1.82, 2.24) is 10.9 Å². The molecule has 0 aliphatic carbocycles. The lowest BCUT2D eigenvalue weighted by molar-refractivity contribution is -0.110. The van der Waals surface area contributed by atoms with Crippen LogP contribution in [0.15, 0.2) is 0 Å². The number of methoxy groups -OCH3 is 1. The molecule has 1 rings (SSSR count). The maximum atomic E-state index is 10.1. The molecule has 66 valence electrons. The molecule has 4 heteroatoms. The molecule has 0 spiro atoms. The normalized spacial score (nSPS) is 23.3. The summed E-state index contributed by atoms with van der Waals surface area (Å²) in [5.41, 5.74) is 5.76. The van der Waals surface area contributed by atoms with Crippen LogP contribution in [0.5, 0.6) is 0 Å². The predicted octanol–water partition coefficient (Wildman–Crippen LogP) is -0.295. The Morgan fingerprint density at radius 2 is 2.18 bits per heavy atom. The zero-order chi connectivity index (χ0) is 8.53. The van der Waals surface area contributed by atoms with Crippen molar-refractivity contribution in [2.45, 2.75) is 18.9 Å². The molecule has 1 aliphatic heterocycles. The van der Waals surface area contributed by atoms with Gasteiger partial charge in [-0.05, 0) is 12.8 Å². The van der Waals surface area contributed by atoms with Crippen LogP contribution in [0.25, 0.3) is 0 Å². The third kappa shape index (κ3) is 5.97. The highest BCUT2D eigenvalue weighted by Gasteiger charge is 2.08. The van der Waals surface area contributed by atoms with E-state index in [2.05, 4.69) is 15.6 Å². The molecule has 11 heavy (non-hydrogen) atoms. The van der Waals surface area contributed by atoms with Gasteiger partial charge in [-0.3, -0.25) is 5.43 Å². The minimum Gasteiger partial charge on any atom is -0.388 e. The highest BCUT2D eigenvalue weighted by molar-refractivity contribution is 5.57. The Balaban J connectivity index is 0.000000292. The van der Waals surface area contributed by atoms with E-state index < -0.39 is 0 Å².